The van der Waals surface area contributed by atoms with Gasteiger partial charge in [-0.1, -0.05) is 31.5 Å². The summed E-state index contributed by atoms with van der Waals surface area (Å²) in [7, 11) is 4.37. The minimum Gasteiger partial charge on any atom is -0.497 e. The molecule has 0 unspecified atom stereocenters. The third kappa shape index (κ3) is 23.5. The fourth-order valence-electron chi connectivity index (χ4n) is 0.674. The molecule has 0 aliphatic rings. The van der Waals surface area contributed by atoms with Crippen LogP contribution in [-0.4, -0.2) is 33.3 Å². The predicted octanol–water partition coefficient (Wildman–Crippen LogP) is 3.39. The second kappa shape index (κ2) is 18.0. The van der Waals surface area contributed by atoms with Gasteiger partial charge in [0.15, 0.2) is 0 Å². The Hall–Kier alpha value is -2.04. The Balaban J connectivity index is -0.000000234. The van der Waals surface area contributed by atoms with Gasteiger partial charge in [-0.3, -0.25) is 9.59 Å². The van der Waals surface area contributed by atoms with Gasteiger partial charge in [0.25, 0.3) is 0 Å². The highest BCUT2D eigenvalue weighted by atomic mass is 16.5. The zero-order valence-electron chi connectivity index (χ0n) is 14.4. The molecule has 0 saturated heterocycles. The Morgan fingerprint density at radius 2 is 1.10 bits per heavy atom. The highest BCUT2D eigenvalue weighted by Crippen LogP contribution is 2.09. The summed E-state index contributed by atoms with van der Waals surface area (Å²) in [5.74, 6) is 0.426. The zero-order chi connectivity index (χ0) is 17.3. The number of hydrogen-bond donors (Lipinski definition) is 0. The zero-order valence-corrected chi connectivity index (χ0v) is 14.4. The molecule has 1 aromatic rings. The minimum atomic E-state index is -0.245. The number of aryl methyl sites for hydroxylation is 1. The Morgan fingerprint density at radius 3 is 1.29 bits per heavy atom. The molecular weight excluding hydrogens is 272 g/mol. The molecule has 0 amide bonds. The fourth-order valence-corrected chi connectivity index (χ4v) is 0.674. The van der Waals surface area contributed by atoms with Crippen LogP contribution in [0.5, 0.6) is 5.75 Å². The van der Waals surface area contributed by atoms with Crippen LogP contribution in [0.4, 0.5) is 0 Å². The fraction of sp³-hybridized carbons (Fsp3) is 0.500. The normalized spacial score (nSPS) is 7.43. The van der Waals surface area contributed by atoms with Crippen molar-refractivity contribution in [3.05, 3.63) is 29.8 Å². The third-order valence-electron chi connectivity index (χ3n) is 1.83. The van der Waals surface area contributed by atoms with Crippen molar-refractivity contribution >= 4 is 11.9 Å². The largest absolute Gasteiger partial charge is 0.497 e. The van der Waals surface area contributed by atoms with Gasteiger partial charge in [0.1, 0.15) is 5.75 Å². The molecular formula is C16H28O5. The van der Waals surface area contributed by atoms with Gasteiger partial charge in [-0.25, -0.2) is 0 Å². The molecule has 0 fully saturated rings. The van der Waals surface area contributed by atoms with E-state index in [9.17, 15) is 9.59 Å². The van der Waals surface area contributed by atoms with Crippen LogP contribution in [0.3, 0.4) is 0 Å². The smallest absolute Gasteiger partial charge is 0.302 e. The van der Waals surface area contributed by atoms with Crippen LogP contribution in [0.2, 0.25) is 0 Å². The maximum absolute atomic E-state index is 9.59. The Kier molecular flexibility index (Phi) is 20.5. The van der Waals surface area contributed by atoms with E-state index in [1.165, 1.54) is 33.6 Å². The molecule has 0 spiro atoms. The van der Waals surface area contributed by atoms with E-state index >= 15 is 0 Å². The molecule has 0 heterocycles. The second-order valence-corrected chi connectivity index (χ2v) is 3.41. The van der Waals surface area contributed by atoms with Crippen molar-refractivity contribution in [3.63, 3.8) is 0 Å². The molecule has 0 saturated carbocycles. The van der Waals surface area contributed by atoms with E-state index in [2.05, 4.69) is 16.4 Å². The average molecular weight is 300 g/mol. The Bertz CT molecular complexity index is 343. The monoisotopic (exact) mass is 300 g/mol. The molecule has 0 aliphatic carbocycles. The summed E-state index contributed by atoms with van der Waals surface area (Å²) in [6, 6.07) is 7.96. The lowest BCUT2D eigenvalue weighted by Gasteiger charge is -1.97. The standard InChI is InChI=1S/C8H10O.2C3H6O2.C2H6/c1-7-3-5-8(9-2)6-4-7;2*1-3(4)5-2;1-2/h3-6H,1-2H3;2*1-2H3;1-2H3. The van der Waals surface area contributed by atoms with Gasteiger partial charge < -0.3 is 14.2 Å². The minimum absolute atomic E-state index is 0.245. The van der Waals surface area contributed by atoms with Gasteiger partial charge in [-0.15, -0.1) is 0 Å². The summed E-state index contributed by atoms with van der Waals surface area (Å²) in [6.07, 6.45) is 0. The number of hydrogen-bond acceptors (Lipinski definition) is 5. The van der Waals surface area contributed by atoms with Gasteiger partial charge in [0.05, 0.1) is 21.3 Å². The first-order valence-corrected chi connectivity index (χ1v) is 6.57. The van der Waals surface area contributed by atoms with Crippen LogP contribution in [0.1, 0.15) is 33.3 Å². The highest BCUT2D eigenvalue weighted by molar-refractivity contribution is 5.65. The Labute approximate surface area is 128 Å². The second-order valence-electron chi connectivity index (χ2n) is 3.41. The van der Waals surface area contributed by atoms with E-state index < -0.39 is 0 Å². The van der Waals surface area contributed by atoms with Crippen LogP contribution in [0, 0.1) is 6.92 Å². The van der Waals surface area contributed by atoms with Gasteiger partial charge in [-0.2, -0.15) is 0 Å². The number of methoxy groups -OCH3 is 3. The molecule has 0 atom stereocenters. The van der Waals surface area contributed by atoms with Gasteiger partial charge in [0.2, 0.25) is 0 Å². The van der Waals surface area contributed by atoms with E-state index in [-0.39, 0.29) is 11.9 Å². The van der Waals surface area contributed by atoms with Crippen LogP contribution >= 0.6 is 0 Å². The lowest BCUT2D eigenvalue weighted by atomic mass is 10.2. The summed E-state index contributed by atoms with van der Waals surface area (Å²) in [5, 5.41) is 0. The van der Waals surface area contributed by atoms with Crippen LogP contribution in [0.25, 0.3) is 0 Å². The van der Waals surface area contributed by atoms with Crippen LogP contribution in [-0.2, 0) is 19.1 Å². The van der Waals surface area contributed by atoms with Gasteiger partial charge in [0, 0.05) is 13.8 Å². The first-order valence-electron chi connectivity index (χ1n) is 6.57. The molecule has 122 valence electrons. The van der Waals surface area contributed by atoms with Crippen molar-refractivity contribution in [2.45, 2.75) is 34.6 Å². The quantitative estimate of drug-likeness (QED) is 0.744. The summed E-state index contributed by atoms with van der Waals surface area (Å²) in [4.78, 5) is 19.2. The average Bonchev–Trinajstić information content (AvgIpc) is 2.51. The van der Waals surface area contributed by atoms with Crippen molar-refractivity contribution < 1.29 is 23.8 Å². The van der Waals surface area contributed by atoms with E-state index in [4.69, 9.17) is 4.74 Å². The number of carbonyl (C=O) groups excluding carboxylic acids is 2. The topological polar surface area (TPSA) is 61.8 Å². The summed E-state index contributed by atoms with van der Waals surface area (Å²) >= 11 is 0. The Morgan fingerprint density at radius 1 is 0.810 bits per heavy atom. The number of benzene rings is 1. The first kappa shape index (κ1) is 24.0. The number of ether oxygens (including phenoxy) is 3. The van der Waals surface area contributed by atoms with Crippen molar-refractivity contribution in [2.75, 3.05) is 21.3 Å². The van der Waals surface area contributed by atoms with Crippen LogP contribution < -0.4 is 4.74 Å². The van der Waals surface area contributed by atoms with E-state index in [0.29, 0.717) is 0 Å². The van der Waals surface area contributed by atoms with Gasteiger partial charge >= 0.3 is 11.9 Å². The van der Waals surface area contributed by atoms with E-state index in [1.807, 2.05) is 38.1 Å². The van der Waals surface area contributed by atoms with E-state index in [0.717, 1.165) is 5.75 Å². The molecule has 1 rings (SSSR count). The predicted molar refractivity (Wildman–Crippen MR) is 84.5 cm³/mol. The molecule has 0 N–H and O–H groups in total. The molecule has 5 heteroatoms. The summed E-state index contributed by atoms with van der Waals surface area (Å²) < 4.78 is 13.2. The SMILES string of the molecule is CC.COC(C)=O.COC(C)=O.COc1ccc(C)cc1. The molecule has 5 nitrogen and oxygen atoms in total. The molecule has 0 radical (unpaired) electrons. The highest BCUT2D eigenvalue weighted by Gasteiger charge is 1.85. The molecule has 1 aromatic carbocycles. The lowest BCUT2D eigenvalue weighted by molar-refractivity contribution is -0.138. The summed E-state index contributed by atoms with van der Waals surface area (Å²) in [5.41, 5.74) is 1.26. The molecule has 21 heavy (non-hydrogen) atoms. The number of esters is 2. The maximum atomic E-state index is 9.59. The maximum Gasteiger partial charge on any atom is 0.302 e. The lowest BCUT2D eigenvalue weighted by Crippen LogP contribution is -1.88. The van der Waals surface area contributed by atoms with Crippen LogP contribution in [0.15, 0.2) is 24.3 Å². The number of carbonyl (C=O) groups is 2. The van der Waals surface area contributed by atoms with Crippen molar-refractivity contribution in [2.24, 2.45) is 0 Å². The van der Waals surface area contributed by atoms with Crippen molar-refractivity contribution in [1.82, 2.24) is 0 Å². The van der Waals surface area contributed by atoms with E-state index in [1.54, 1.807) is 7.11 Å². The third-order valence-corrected chi connectivity index (χ3v) is 1.83. The van der Waals surface area contributed by atoms with Crippen molar-refractivity contribution in [3.8, 4) is 5.75 Å². The molecule has 0 aliphatic heterocycles. The molecule has 0 bridgehead atoms. The van der Waals surface area contributed by atoms with Gasteiger partial charge in [-0.05, 0) is 19.1 Å². The molecule has 0 aromatic heterocycles. The van der Waals surface area contributed by atoms with Crippen molar-refractivity contribution in [1.29, 1.82) is 0 Å². The first-order chi connectivity index (χ1) is 9.87. The summed E-state index contributed by atoms with van der Waals surface area (Å²) in [6.45, 7) is 8.78. The number of rotatable bonds is 1.